The van der Waals surface area contributed by atoms with Crippen LogP contribution >= 0.6 is 0 Å². The van der Waals surface area contributed by atoms with Crippen molar-refractivity contribution in [3.05, 3.63) is 35.6 Å². The number of rotatable bonds is 2. The van der Waals surface area contributed by atoms with E-state index in [0.717, 1.165) is 0 Å². The van der Waals surface area contributed by atoms with Gasteiger partial charge in [0.15, 0.2) is 0 Å². The number of nitrogens with two attached hydrogens (primary N) is 1. The fraction of sp³-hybridized carbons (Fsp3) is 0.500. The molecular weight excluding hydrogens is 215 g/mol. The predicted molar refractivity (Wildman–Crippen MR) is 55.9 cm³/mol. The minimum absolute atomic E-state index is 0.131. The van der Waals surface area contributed by atoms with Gasteiger partial charge >= 0.3 is 0 Å². The molecule has 0 aromatic heterocycles. The van der Waals surface area contributed by atoms with Crippen molar-refractivity contribution in [2.75, 3.05) is 6.54 Å². The number of benzene rings is 1. The summed E-state index contributed by atoms with van der Waals surface area (Å²) < 4.78 is 39.6. The molecule has 2 N–H and O–H groups in total. The summed E-state index contributed by atoms with van der Waals surface area (Å²) in [6.45, 7) is 0.131. The van der Waals surface area contributed by atoms with Crippen LogP contribution in [0.2, 0.25) is 0 Å². The summed E-state index contributed by atoms with van der Waals surface area (Å²) >= 11 is 0. The van der Waals surface area contributed by atoms with Crippen LogP contribution in [-0.4, -0.2) is 12.5 Å². The number of alkyl halides is 2. The first kappa shape index (κ1) is 11.5. The molecule has 1 aliphatic carbocycles. The highest BCUT2D eigenvalue weighted by atomic mass is 19.3. The van der Waals surface area contributed by atoms with Gasteiger partial charge in [-0.2, -0.15) is 0 Å². The molecule has 88 valence electrons. The maximum Gasteiger partial charge on any atom is 0.249 e. The normalized spacial score (nSPS) is 28.2. The summed E-state index contributed by atoms with van der Waals surface area (Å²) in [5.41, 5.74) is 5.45. The van der Waals surface area contributed by atoms with Gasteiger partial charge < -0.3 is 5.73 Å². The lowest BCUT2D eigenvalue weighted by Gasteiger charge is -2.28. The van der Waals surface area contributed by atoms with E-state index in [-0.39, 0.29) is 19.4 Å². The van der Waals surface area contributed by atoms with E-state index >= 15 is 0 Å². The Labute approximate surface area is 92.5 Å². The van der Waals surface area contributed by atoms with Crippen LogP contribution in [0.3, 0.4) is 0 Å². The number of hydrogen-bond acceptors (Lipinski definition) is 1. The van der Waals surface area contributed by atoms with E-state index in [9.17, 15) is 13.2 Å². The molecule has 16 heavy (non-hydrogen) atoms. The predicted octanol–water partition coefficient (Wildman–Crippen LogP) is 2.84. The Hall–Kier alpha value is -1.03. The van der Waals surface area contributed by atoms with Gasteiger partial charge in [0.1, 0.15) is 5.82 Å². The molecule has 2 rings (SSSR count). The van der Waals surface area contributed by atoms with Gasteiger partial charge in [0.25, 0.3) is 0 Å². The molecule has 0 saturated heterocycles. The third-order valence-electron chi connectivity index (χ3n) is 3.39. The van der Waals surface area contributed by atoms with Gasteiger partial charge in [-0.25, -0.2) is 13.2 Å². The Bertz CT molecular complexity index is 392. The summed E-state index contributed by atoms with van der Waals surface area (Å²) in [5.74, 6) is -3.08. The molecule has 0 bridgehead atoms. The quantitative estimate of drug-likeness (QED) is 0.829. The molecule has 1 aromatic rings. The molecule has 1 fully saturated rings. The second-order valence-corrected chi connectivity index (χ2v) is 4.53. The SMILES string of the molecule is NCC1(c2cccc(F)c2)CCC(F)(F)C1. The third kappa shape index (κ3) is 1.94. The first-order chi connectivity index (χ1) is 7.47. The average molecular weight is 229 g/mol. The molecule has 1 nitrogen and oxygen atoms in total. The molecule has 0 aliphatic heterocycles. The lowest BCUT2D eigenvalue weighted by atomic mass is 9.79. The van der Waals surface area contributed by atoms with Crippen molar-refractivity contribution in [2.45, 2.75) is 30.6 Å². The van der Waals surface area contributed by atoms with E-state index in [1.807, 2.05) is 0 Å². The largest absolute Gasteiger partial charge is 0.330 e. The monoisotopic (exact) mass is 229 g/mol. The first-order valence-electron chi connectivity index (χ1n) is 5.31. The van der Waals surface area contributed by atoms with Crippen molar-refractivity contribution in [3.63, 3.8) is 0 Å². The summed E-state index contributed by atoms with van der Waals surface area (Å²) in [6, 6.07) is 5.84. The van der Waals surface area contributed by atoms with Crippen LogP contribution in [0.4, 0.5) is 13.2 Å². The molecular formula is C12H14F3N. The molecule has 0 amide bonds. The van der Waals surface area contributed by atoms with Gasteiger partial charge in [-0.05, 0) is 24.1 Å². The fourth-order valence-electron chi connectivity index (χ4n) is 2.45. The van der Waals surface area contributed by atoms with Crippen LogP contribution in [0.25, 0.3) is 0 Å². The molecule has 0 spiro atoms. The summed E-state index contributed by atoms with van der Waals surface area (Å²) in [5, 5.41) is 0. The molecule has 1 aromatic carbocycles. The lowest BCUT2D eigenvalue weighted by Crippen LogP contribution is -2.34. The molecule has 4 heteroatoms. The molecule has 1 saturated carbocycles. The van der Waals surface area contributed by atoms with Gasteiger partial charge in [0, 0.05) is 24.8 Å². The Morgan fingerprint density at radius 2 is 2.00 bits per heavy atom. The zero-order chi connectivity index (χ0) is 11.8. The Morgan fingerprint density at radius 1 is 1.25 bits per heavy atom. The second-order valence-electron chi connectivity index (χ2n) is 4.53. The number of halogens is 3. The maximum atomic E-state index is 13.3. The highest BCUT2D eigenvalue weighted by Crippen LogP contribution is 2.48. The van der Waals surface area contributed by atoms with Gasteiger partial charge in [-0.1, -0.05) is 12.1 Å². The highest BCUT2D eigenvalue weighted by molar-refractivity contribution is 5.29. The second kappa shape index (κ2) is 3.77. The number of hydrogen-bond donors (Lipinski definition) is 1. The summed E-state index contributed by atoms with van der Waals surface area (Å²) in [4.78, 5) is 0. The lowest BCUT2D eigenvalue weighted by molar-refractivity contribution is 0.00300. The standard InChI is InChI=1S/C12H14F3N/c13-10-3-1-2-9(6-10)11(8-16)4-5-12(14,15)7-11/h1-3,6H,4-5,7-8,16H2. The van der Waals surface area contributed by atoms with E-state index in [4.69, 9.17) is 5.73 Å². The van der Waals surface area contributed by atoms with Crippen LogP contribution in [-0.2, 0) is 5.41 Å². The molecule has 0 heterocycles. The highest BCUT2D eigenvalue weighted by Gasteiger charge is 2.49. The first-order valence-corrected chi connectivity index (χ1v) is 5.31. The van der Waals surface area contributed by atoms with E-state index in [1.165, 1.54) is 12.1 Å². The smallest absolute Gasteiger partial charge is 0.249 e. The fourth-order valence-corrected chi connectivity index (χ4v) is 2.45. The zero-order valence-corrected chi connectivity index (χ0v) is 8.85. The van der Waals surface area contributed by atoms with Crippen molar-refractivity contribution in [3.8, 4) is 0 Å². The molecule has 1 unspecified atom stereocenters. The minimum Gasteiger partial charge on any atom is -0.330 e. The third-order valence-corrected chi connectivity index (χ3v) is 3.39. The molecule has 0 radical (unpaired) electrons. The van der Waals surface area contributed by atoms with Crippen molar-refractivity contribution in [1.82, 2.24) is 0 Å². The van der Waals surface area contributed by atoms with Crippen LogP contribution in [0.5, 0.6) is 0 Å². The van der Waals surface area contributed by atoms with E-state index in [1.54, 1.807) is 12.1 Å². The Balaban J connectivity index is 2.36. The summed E-state index contributed by atoms with van der Waals surface area (Å²) in [7, 11) is 0. The molecule has 1 aliphatic rings. The van der Waals surface area contributed by atoms with Crippen LogP contribution in [0, 0.1) is 5.82 Å². The average Bonchev–Trinajstić information content (AvgIpc) is 2.56. The van der Waals surface area contributed by atoms with Crippen molar-refractivity contribution < 1.29 is 13.2 Å². The van der Waals surface area contributed by atoms with Crippen molar-refractivity contribution >= 4 is 0 Å². The van der Waals surface area contributed by atoms with Gasteiger partial charge in [0.05, 0.1) is 0 Å². The van der Waals surface area contributed by atoms with E-state index in [0.29, 0.717) is 12.0 Å². The summed E-state index contributed by atoms with van der Waals surface area (Å²) in [6.07, 6.45) is -0.124. The van der Waals surface area contributed by atoms with Crippen molar-refractivity contribution in [2.24, 2.45) is 5.73 Å². The van der Waals surface area contributed by atoms with Crippen LogP contribution < -0.4 is 5.73 Å². The van der Waals surface area contributed by atoms with Crippen LogP contribution in [0.15, 0.2) is 24.3 Å². The topological polar surface area (TPSA) is 26.0 Å². The van der Waals surface area contributed by atoms with Crippen LogP contribution in [0.1, 0.15) is 24.8 Å². The van der Waals surface area contributed by atoms with E-state index < -0.39 is 17.2 Å². The maximum absolute atomic E-state index is 13.3. The minimum atomic E-state index is -2.67. The van der Waals surface area contributed by atoms with Crippen molar-refractivity contribution in [1.29, 1.82) is 0 Å². The van der Waals surface area contributed by atoms with Gasteiger partial charge in [-0.3, -0.25) is 0 Å². The van der Waals surface area contributed by atoms with E-state index in [2.05, 4.69) is 0 Å². The Morgan fingerprint density at radius 3 is 2.50 bits per heavy atom. The Kier molecular flexibility index (Phi) is 2.70. The molecule has 1 atom stereocenters. The van der Waals surface area contributed by atoms with Gasteiger partial charge in [0.2, 0.25) is 5.92 Å². The zero-order valence-electron chi connectivity index (χ0n) is 8.85. The van der Waals surface area contributed by atoms with Gasteiger partial charge in [-0.15, -0.1) is 0 Å².